The molecule has 0 saturated carbocycles. The molecule has 126 valence electrons. The molecule has 0 aliphatic carbocycles. The molecule has 2 rings (SSSR count). The van der Waals surface area contributed by atoms with Crippen molar-refractivity contribution in [2.75, 3.05) is 19.6 Å². The quantitative estimate of drug-likeness (QED) is 0.800. The van der Waals surface area contributed by atoms with Crippen LogP contribution in [0.4, 0.5) is 4.79 Å². The third-order valence-corrected chi connectivity index (χ3v) is 3.92. The van der Waals surface area contributed by atoms with Gasteiger partial charge in [0.2, 0.25) is 5.91 Å². The highest BCUT2D eigenvalue weighted by Gasteiger charge is 2.27. The van der Waals surface area contributed by atoms with Crippen molar-refractivity contribution >= 4 is 12.0 Å². The van der Waals surface area contributed by atoms with Crippen LogP contribution < -0.4 is 11.1 Å². The molecule has 0 radical (unpaired) electrons. The summed E-state index contributed by atoms with van der Waals surface area (Å²) in [5, 5.41) is 2.69. The van der Waals surface area contributed by atoms with Gasteiger partial charge < -0.3 is 20.7 Å². The van der Waals surface area contributed by atoms with E-state index in [4.69, 9.17) is 10.5 Å². The van der Waals surface area contributed by atoms with Crippen LogP contribution in [0.5, 0.6) is 0 Å². The fourth-order valence-corrected chi connectivity index (χ4v) is 2.64. The van der Waals surface area contributed by atoms with Crippen LogP contribution in [0.3, 0.4) is 0 Å². The Morgan fingerprint density at radius 2 is 1.91 bits per heavy atom. The highest BCUT2D eigenvalue weighted by Crippen LogP contribution is 2.11. The fourth-order valence-electron chi connectivity index (χ4n) is 2.64. The minimum absolute atomic E-state index is 0.0346. The fraction of sp³-hybridized carbons (Fsp3) is 0.529. The first-order chi connectivity index (χ1) is 11.2. The molecule has 3 N–H and O–H groups in total. The Labute approximate surface area is 137 Å². The van der Waals surface area contributed by atoms with Gasteiger partial charge in [0.15, 0.2) is 0 Å². The van der Waals surface area contributed by atoms with Gasteiger partial charge in [-0.2, -0.15) is 0 Å². The molecule has 1 heterocycles. The van der Waals surface area contributed by atoms with Crippen molar-refractivity contribution in [1.29, 1.82) is 0 Å². The van der Waals surface area contributed by atoms with Crippen molar-refractivity contribution in [3.8, 4) is 0 Å². The minimum atomic E-state index is -0.566. The number of rotatable bonds is 7. The number of nitrogens with one attached hydrogen (secondary N) is 1. The Morgan fingerprint density at radius 1 is 1.22 bits per heavy atom. The van der Waals surface area contributed by atoms with E-state index in [1.54, 1.807) is 4.90 Å². The first-order valence-corrected chi connectivity index (χ1v) is 8.17. The number of likely N-dealkylation sites (tertiary alicyclic amines) is 1. The largest absolute Gasteiger partial charge is 0.445 e. The van der Waals surface area contributed by atoms with Crippen molar-refractivity contribution in [3.05, 3.63) is 35.9 Å². The van der Waals surface area contributed by atoms with Gasteiger partial charge in [-0.1, -0.05) is 30.3 Å². The summed E-state index contributed by atoms with van der Waals surface area (Å²) in [5.41, 5.74) is 6.44. The summed E-state index contributed by atoms with van der Waals surface area (Å²) < 4.78 is 5.20. The lowest BCUT2D eigenvalue weighted by molar-refractivity contribution is -0.132. The van der Waals surface area contributed by atoms with Crippen LogP contribution in [-0.2, 0) is 16.1 Å². The minimum Gasteiger partial charge on any atom is -0.445 e. The third-order valence-electron chi connectivity index (χ3n) is 3.92. The summed E-state index contributed by atoms with van der Waals surface area (Å²) in [4.78, 5) is 26.3. The molecule has 6 nitrogen and oxygen atoms in total. The zero-order valence-electron chi connectivity index (χ0n) is 13.4. The number of ether oxygens (including phenoxy) is 1. The van der Waals surface area contributed by atoms with Gasteiger partial charge in [-0.3, -0.25) is 4.79 Å². The standard InChI is InChI=1S/C17H25N3O3/c18-10-6-9-15(16(21)20-11-4-5-12-20)19-17(22)23-13-14-7-2-1-3-8-14/h1-3,7-8,15H,4-6,9-13,18H2,(H,19,22)/t15-/m0/s1. The maximum absolute atomic E-state index is 12.5. The van der Waals surface area contributed by atoms with E-state index in [-0.39, 0.29) is 12.5 Å². The highest BCUT2D eigenvalue weighted by atomic mass is 16.5. The van der Waals surface area contributed by atoms with E-state index in [1.807, 2.05) is 30.3 Å². The third kappa shape index (κ3) is 5.56. The smallest absolute Gasteiger partial charge is 0.408 e. The topological polar surface area (TPSA) is 84.7 Å². The van der Waals surface area contributed by atoms with E-state index in [2.05, 4.69) is 5.32 Å². The number of alkyl carbamates (subject to hydrolysis) is 1. The molecule has 1 atom stereocenters. The number of hydrogen-bond donors (Lipinski definition) is 2. The van der Waals surface area contributed by atoms with Gasteiger partial charge in [-0.15, -0.1) is 0 Å². The van der Waals surface area contributed by atoms with Gasteiger partial charge in [0.1, 0.15) is 12.6 Å². The van der Waals surface area contributed by atoms with Gasteiger partial charge >= 0.3 is 6.09 Å². The number of carbonyl (C=O) groups is 2. The lowest BCUT2D eigenvalue weighted by Crippen LogP contribution is -2.48. The molecule has 0 aromatic heterocycles. The van der Waals surface area contributed by atoms with Crippen molar-refractivity contribution in [3.63, 3.8) is 0 Å². The maximum atomic E-state index is 12.5. The Balaban J connectivity index is 1.85. The van der Waals surface area contributed by atoms with E-state index in [0.29, 0.717) is 19.4 Å². The Morgan fingerprint density at radius 3 is 2.57 bits per heavy atom. The Bertz CT molecular complexity index is 501. The lowest BCUT2D eigenvalue weighted by atomic mass is 10.1. The Kier molecular flexibility index (Phi) is 6.87. The second kappa shape index (κ2) is 9.15. The van der Waals surface area contributed by atoms with Crippen molar-refractivity contribution in [2.45, 2.75) is 38.3 Å². The summed E-state index contributed by atoms with van der Waals surface area (Å²) in [6.07, 6.45) is 2.69. The van der Waals surface area contributed by atoms with Crippen molar-refractivity contribution in [1.82, 2.24) is 10.2 Å². The maximum Gasteiger partial charge on any atom is 0.408 e. The van der Waals surface area contributed by atoms with E-state index in [0.717, 1.165) is 31.5 Å². The molecule has 0 spiro atoms. The number of amides is 2. The molecule has 2 amide bonds. The van der Waals surface area contributed by atoms with Crippen molar-refractivity contribution in [2.24, 2.45) is 5.73 Å². The van der Waals surface area contributed by atoms with Crippen LogP contribution in [0.1, 0.15) is 31.2 Å². The molecule has 23 heavy (non-hydrogen) atoms. The summed E-state index contributed by atoms with van der Waals surface area (Å²) in [6.45, 7) is 2.20. The lowest BCUT2D eigenvalue weighted by Gasteiger charge is -2.23. The van der Waals surface area contributed by atoms with Gasteiger partial charge in [-0.25, -0.2) is 4.79 Å². The monoisotopic (exact) mass is 319 g/mol. The number of carbonyl (C=O) groups excluding carboxylic acids is 2. The molecule has 1 aliphatic rings. The SMILES string of the molecule is NCCC[C@H](NC(=O)OCc1ccccc1)C(=O)N1CCCC1. The molecule has 0 unspecified atom stereocenters. The average molecular weight is 319 g/mol. The molecule has 0 bridgehead atoms. The van der Waals surface area contributed by atoms with Gasteiger partial charge in [0.05, 0.1) is 0 Å². The summed E-state index contributed by atoms with van der Waals surface area (Å²) in [7, 11) is 0. The second-order valence-corrected chi connectivity index (χ2v) is 5.72. The van der Waals surface area contributed by atoms with E-state index in [1.165, 1.54) is 0 Å². The predicted octanol–water partition coefficient (Wildman–Crippen LogP) is 1.64. The van der Waals surface area contributed by atoms with Crippen LogP contribution in [-0.4, -0.2) is 42.6 Å². The molecule has 1 aromatic carbocycles. The van der Waals surface area contributed by atoms with Crippen molar-refractivity contribution < 1.29 is 14.3 Å². The molecule has 1 fully saturated rings. The zero-order valence-corrected chi connectivity index (χ0v) is 13.4. The normalized spacial score (nSPS) is 15.3. The number of benzene rings is 1. The molecular weight excluding hydrogens is 294 g/mol. The second-order valence-electron chi connectivity index (χ2n) is 5.72. The summed E-state index contributed by atoms with van der Waals surface area (Å²) in [6, 6.07) is 8.89. The van der Waals surface area contributed by atoms with Crippen LogP contribution in [0, 0.1) is 0 Å². The molecular formula is C17H25N3O3. The zero-order chi connectivity index (χ0) is 16.5. The van der Waals surface area contributed by atoms with Gasteiger partial charge in [-0.05, 0) is 37.8 Å². The van der Waals surface area contributed by atoms with Crippen LogP contribution in [0.2, 0.25) is 0 Å². The van der Waals surface area contributed by atoms with Gasteiger partial charge in [0.25, 0.3) is 0 Å². The van der Waals surface area contributed by atoms with Crippen LogP contribution in [0.15, 0.2) is 30.3 Å². The number of nitrogens with zero attached hydrogens (tertiary/aromatic N) is 1. The van der Waals surface area contributed by atoms with E-state index in [9.17, 15) is 9.59 Å². The molecule has 1 aromatic rings. The Hall–Kier alpha value is -2.08. The number of hydrogen-bond acceptors (Lipinski definition) is 4. The average Bonchev–Trinajstić information content (AvgIpc) is 3.11. The van der Waals surface area contributed by atoms with E-state index < -0.39 is 12.1 Å². The molecule has 6 heteroatoms. The van der Waals surface area contributed by atoms with Gasteiger partial charge in [0, 0.05) is 13.1 Å². The summed E-state index contributed by atoms with van der Waals surface area (Å²) >= 11 is 0. The van der Waals surface area contributed by atoms with Crippen LogP contribution in [0.25, 0.3) is 0 Å². The highest BCUT2D eigenvalue weighted by molar-refractivity contribution is 5.85. The number of nitrogens with two attached hydrogens (primary N) is 1. The van der Waals surface area contributed by atoms with Crippen LogP contribution >= 0.6 is 0 Å². The summed E-state index contributed by atoms with van der Waals surface area (Å²) in [5.74, 6) is -0.0346. The first kappa shape index (κ1) is 17.3. The predicted molar refractivity (Wildman–Crippen MR) is 87.7 cm³/mol. The molecule has 1 aliphatic heterocycles. The van der Waals surface area contributed by atoms with E-state index >= 15 is 0 Å². The molecule has 1 saturated heterocycles. The first-order valence-electron chi connectivity index (χ1n) is 8.17.